The SMILES string of the molecule is Fc1ccc(C(c2ccc(F)cc2)N2CC[NH+](C/C=C/c3ccccc3)CC2)cc1.O=C([O-])c1ccncc1. The molecule has 1 saturated heterocycles. The van der Waals surface area contributed by atoms with Crippen LogP contribution in [0, 0.1) is 11.6 Å². The minimum atomic E-state index is -1.17. The van der Waals surface area contributed by atoms with Crippen molar-refractivity contribution >= 4 is 12.0 Å². The number of hydrogen-bond acceptors (Lipinski definition) is 4. The lowest BCUT2D eigenvalue weighted by molar-refractivity contribution is -0.898. The second-order valence-corrected chi connectivity index (χ2v) is 9.33. The minimum absolute atomic E-state index is 0.00705. The van der Waals surface area contributed by atoms with E-state index >= 15 is 0 Å². The molecule has 0 amide bonds. The van der Waals surface area contributed by atoms with Gasteiger partial charge >= 0.3 is 0 Å². The van der Waals surface area contributed by atoms with E-state index in [1.54, 1.807) is 4.90 Å². The Morgan fingerprint density at radius 3 is 1.87 bits per heavy atom. The highest BCUT2D eigenvalue weighted by molar-refractivity contribution is 5.85. The molecule has 0 radical (unpaired) electrons. The van der Waals surface area contributed by atoms with Crippen LogP contribution in [-0.2, 0) is 0 Å². The number of nitrogens with zero attached hydrogens (tertiary/aromatic N) is 2. The number of aromatic carboxylic acids is 1. The van der Waals surface area contributed by atoms with Crippen LogP contribution >= 0.6 is 0 Å². The summed E-state index contributed by atoms with van der Waals surface area (Å²) in [7, 11) is 0. The van der Waals surface area contributed by atoms with Gasteiger partial charge in [0.25, 0.3) is 0 Å². The molecule has 4 aromatic rings. The van der Waals surface area contributed by atoms with Gasteiger partial charge in [-0.2, -0.15) is 0 Å². The first-order valence-electron chi connectivity index (χ1n) is 12.9. The lowest BCUT2D eigenvalue weighted by atomic mass is 9.96. The second-order valence-electron chi connectivity index (χ2n) is 9.33. The maximum absolute atomic E-state index is 13.5. The quantitative estimate of drug-likeness (QED) is 0.400. The molecule has 3 aromatic carbocycles. The molecular formula is C32H31F2N3O2. The number of piperazine rings is 1. The fourth-order valence-corrected chi connectivity index (χ4v) is 4.62. The molecule has 39 heavy (non-hydrogen) atoms. The van der Waals surface area contributed by atoms with Crippen molar-refractivity contribution in [1.82, 2.24) is 9.88 Å². The summed E-state index contributed by atoms with van der Waals surface area (Å²) in [6.45, 7) is 4.96. The number of carboxylic acid groups (broad SMARTS) is 1. The fourth-order valence-electron chi connectivity index (χ4n) is 4.62. The van der Waals surface area contributed by atoms with Crippen LogP contribution in [0.3, 0.4) is 0 Å². The molecule has 0 spiro atoms. The van der Waals surface area contributed by atoms with Gasteiger partial charge in [0, 0.05) is 31.0 Å². The number of halogens is 2. The van der Waals surface area contributed by atoms with Crippen LogP contribution in [0.15, 0.2) is 109 Å². The first-order chi connectivity index (χ1) is 19.0. The average molecular weight is 528 g/mol. The predicted octanol–water partition coefficient (Wildman–Crippen LogP) is 3.41. The average Bonchev–Trinajstić information content (AvgIpc) is 2.97. The van der Waals surface area contributed by atoms with Crippen molar-refractivity contribution in [2.45, 2.75) is 6.04 Å². The van der Waals surface area contributed by atoms with Crippen molar-refractivity contribution in [3.8, 4) is 0 Å². The molecule has 0 bridgehead atoms. The van der Waals surface area contributed by atoms with Crippen molar-refractivity contribution < 1.29 is 23.6 Å². The smallest absolute Gasteiger partial charge is 0.123 e. The first kappa shape index (κ1) is 27.8. The van der Waals surface area contributed by atoms with Crippen LogP contribution in [0.4, 0.5) is 8.78 Å². The molecule has 5 nitrogen and oxygen atoms in total. The molecule has 0 atom stereocenters. The third-order valence-electron chi connectivity index (χ3n) is 6.67. The van der Waals surface area contributed by atoms with Gasteiger partial charge in [0.15, 0.2) is 0 Å². The highest BCUT2D eigenvalue weighted by atomic mass is 19.1. The summed E-state index contributed by atoms with van der Waals surface area (Å²) in [4.78, 5) is 17.7. The predicted molar refractivity (Wildman–Crippen MR) is 146 cm³/mol. The Kier molecular flexibility index (Phi) is 10.1. The Bertz CT molecular complexity index is 1280. The summed E-state index contributed by atoms with van der Waals surface area (Å²) >= 11 is 0. The third kappa shape index (κ3) is 8.40. The number of pyridine rings is 1. The topological polar surface area (TPSA) is 60.7 Å². The van der Waals surface area contributed by atoms with Crippen LogP contribution in [0.25, 0.3) is 6.08 Å². The summed E-state index contributed by atoms with van der Waals surface area (Å²) in [6, 6.07) is 26.5. The van der Waals surface area contributed by atoms with E-state index in [0.29, 0.717) is 0 Å². The van der Waals surface area contributed by atoms with Crippen molar-refractivity contribution in [1.29, 1.82) is 0 Å². The number of hydrogen-bond donors (Lipinski definition) is 1. The van der Waals surface area contributed by atoms with Crippen LogP contribution in [0.2, 0.25) is 0 Å². The molecule has 7 heteroatoms. The van der Waals surface area contributed by atoms with Gasteiger partial charge in [-0.1, -0.05) is 60.7 Å². The van der Waals surface area contributed by atoms with E-state index in [9.17, 15) is 18.7 Å². The first-order valence-corrected chi connectivity index (χ1v) is 12.9. The Morgan fingerprint density at radius 1 is 0.846 bits per heavy atom. The zero-order valence-corrected chi connectivity index (χ0v) is 21.5. The largest absolute Gasteiger partial charge is 0.545 e. The molecule has 1 N–H and O–H groups in total. The summed E-state index contributed by atoms with van der Waals surface area (Å²) in [5.74, 6) is -1.65. The van der Waals surface area contributed by atoms with Crippen molar-refractivity contribution in [2.24, 2.45) is 0 Å². The summed E-state index contributed by atoms with van der Waals surface area (Å²) in [5.41, 5.74) is 3.46. The molecule has 0 saturated carbocycles. The molecule has 1 aromatic heterocycles. The van der Waals surface area contributed by atoms with Crippen molar-refractivity contribution in [2.75, 3.05) is 32.7 Å². The molecule has 1 fully saturated rings. The van der Waals surface area contributed by atoms with Gasteiger partial charge in [0.05, 0.1) is 31.6 Å². The maximum atomic E-state index is 13.5. The monoisotopic (exact) mass is 527 g/mol. The molecule has 2 heterocycles. The Hall–Kier alpha value is -4.20. The highest BCUT2D eigenvalue weighted by Gasteiger charge is 2.28. The standard InChI is InChI=1S/C26H26F2N2.C6H5NO2/c27-24-12-8-22(9-13-24)26(23-10-14-25(28)15-11-23)30-19-17-29(18-20-30)16-4-7-21-5-2-1-3-6-21;8-6(9)5-1-3-7-4-2-5/h1-15,26H,16-20H2;1-4H,(H,8,9)/b7-4+;. The van der Waals surface area contributed by atoms with Gasteiger partial charge in [-0.25, -0.2) is 8.78 Å². The van der Waals surface area contributed by atoms with Crippen LogP contribution in [-0.4, -0.2) is 48.6 Å². The lowest BCUT2D eigenvalue weighted by Crippen LogP contribution is -3.14. The van der Waals surface area contributed by atoms with E-state index in [1.807, 2.05) is 30.3 Å². The third-order valence-corrected chi connectivity index (χ3v) is 6.67. The van der Waals surface area contributed by atoms with Gasteiger partial charge in [-0.15, -0.1) is 0 Å². The lowest BCUT2D eigenvalue weighted by Gasteiger charge is -2.37. The number of rotatable bonds is 7. The van der Waals surface area contributed by atoms with Crippen molar-refractivity contribution in [3.05, 3.63) is 143 Å². The molecule has 1 aliphatic heterocycles. The maximum Gasteiger partial charge on any atom is 0.123 e. The minimum Gasteiger partial charge on any atom is -0.545 e. The van der Waals surface area contributed by atoms with E-state index in [-0.39, 0.29) is 23.2 Å². The molecule has 0 unspecified atom stereocenters. The van der Waals surface area contributed by atoms with Crippen LogP contribution in [0.1, 0.15) is 33.1 Å². The zero-order valence-electron chi connectivity index (χ0n) is 21.5. The van der Waals surface area contributed by atoms with Crippen LogP contribution < -0.4 is 10.0 Å². The summed E-state index contributed by atoms with van der Waals surface area (Å²) < 4.78 is 26.9. The van der Waals surface area contributed by atoms with Gasteiger partial charge in [-0.05, 0) is 59.2 Å². The molecule has 0 aliphatic carbocycles. The number of nitrogens with one attached hydrogen (secondary N) is 1. The van der Waals surface area contributed by atoms with Crippen LogP contribution in [0.5, 0.6) is 0 Å². The van der Waals surface area contributed by atoms with E-state index in [4.69, 9.17) is 0 Å². The molecule has 5 rings (SSSR count). The van der Waals surface area contributed by atoms with E-state index in [2.05, 4.69) is 46.3 Å². The van der Waals surface area contributed by atoms with E-state index in [1.165, 1.54) is 54.4 Å². The summed E-state index contributed by atoms with van der Waals surface area (Å²) in [6.07, 6.45) is 7.24. The number of quaternary nitrogens is 1. The normalized spacial score (nSPS) is 14.2. The Balaban J connectivity index is 0.000000333. The zero-order chi connectivity index (χ0) is 27.5. The number of aromatic nitrogens is 1. The number of carbonyl (C=O) groups is 1. The van der Waals surface area contributed by atoms with Gasteiger partial charge in [0.1, 0.15) is 11.6 Å². The van der Waals surface area contributed by atoms with Gasteiger partial charge in [-0.3, -0.25) is 9.88 Å². The number of benzene rings is 3. The Labute approximate surface area is 227 Å². The molecule has 200 valence electrons. The van der Waals surface area contributed by atoms with Crippen molar-refractivity contribution in [3.63, 3.8) is 0 Å². The highest BCUT2D eigenvalue weighted by Crippen LogP contribution is 2.29. The summed E-state index contributed by atoms with van der Waals surface area (Å²) in [5, 5.41) is 10.1. The number of carboxylic acids is 1. The molecule has 1 aliphatic rings. The number of carbonyl (C=O) groups excluding carboxylic acids is 1. The Morgan fingerprint density at radius 2 is 1.38 bits per heavy atom. The molecular weight excluding hydrogens is 496 g/mol. The van der Waals surface area contributed by atoms with E-state index in [0.717, 1.165) is 43.9 Å². The van der Waals surface area contributed by atoms with Gasteiger partial charge in [0.2, 0.25) is 0 Å². The van der Waals surface area contributed by atoms with Gasteiger partial charge < -0.3 is 14.8 Å². The van der Waals surface area contributed by atoms with E-state index < -0.39 is 5.97 Å². The second kappa shape index (κ2) is 14.1. The fraction of sp³-hybridized carbons (Fsp3) is 0.188.